The van der Waals surface area contributed by atoms with Crippen molar-refractivity contribution in [1.29, 1.82) is 0 Å². The Morgan fingerprint density at radius 3 is 2.53 bits per heavy atom. The molecule has 4 rings (SSSR count). The summed E-state index contributed by atoms with van der Waals surface area (Å²) >= 11 is 0. The molecule has 2 aliphatic heterocycles. The number of benzene rings is 1. The third-order valence-electron chi connectivity index (χ3n) is 6.09. The molecule has 2 unspecified atom stereocenters. The second-order valence-corrected chi connectivity index (χ2v) is 8.41. The third-order valence-corrected chi connectivity index (χ3v) is 6.09. The lowest BCUT2D eigenvalue weighted by molar-refractivity contribution is -0.137. The largest absolute Gasteiger partial charge is 0.416 e. The van der Waals surface area contributed by atoms with E-state index in [0.29, 0.717) is 70.8 Å². The minimum Gasteiger partial charge on any atom is -0.383 e. The summed E-state index contributed by atoms with van der Waals surface area (Å²) in [6.45, 7) is 3.72. The number of hydrogen-bond donors (Lipinski definition) is 1. The molecule has 2 atom stereocenters. The number of anilines is 1. The number of carbonyl (C=O) groups excluding carboxylic acids is 1. The zero-order valence-corrected chi connectivity index (χ0v) is 18.9. The Morgan fingerprint density at radius 1 is 1.15 bits per heavy atom. The van der Waals surface area contributed by atoms with Crippen LogP contribution in [0.25, 0.3) is 0 Å². The standard InChI is InChI=1S/C22H28F3N5O4/c1-32-9-6-26-20-27-19(34-28-20)17-12-16(15-2-4-18(5-3-15)22(23,24)25)13-30(14-17)21(31)29-7-10-33-11-8-29/h2-5,16-17H,6-14H2,1H3,(H,26,28). The number of nitrogens with zero attached hydrogens (tertiary/aromatic N) is 4. The van der Waals surface area contributed by atoms with Crippen molar-refractivity contribution in [1.82, 2.24) is 19.9 Å². The average molecular weight is 483 g/mol. The van der Waals surface area contributed by atoms with E-state index in [-0.39, 0.29) is 17.9 Å². The molecular formula is C22H28F3N5O4. The van der Waals surface area contributed by atoms with Gasteiger partial charge in [0.05, 0.1) is 31.3 Å². The fourth-order valence-corrected chi connectivity index (χ4v) is 4.31. The summed E-state index contributed by atoms with van der Waals surface area (Å²) in [7, 11) is 1.59. The molecule has 34 heavy (non-hydrogen) atoms. The zero-order chi connectivity index (χ0) is 24.1. The number of aromatic nitrogens is 2. The van der Waals surface area contributed by atoms with Gasteiger partial charge in [0, 0.05) is 45.8 Å². The molecule has 3 heterocycles. The molecule has 9 nitrogen and oxygen atoms in total. The summed E-state index contributed by atoms with van der Waals surface area (Å²) in [6.07, 6.45) is -3.83. The molecule has 0 bridgehead atoms. The molecule has 1 aromatic carbocycles. The maximum absolute atomic E-state index is 13.2. The number of alkyl halides is 3. The van der Waals surface area contributed by atoms with Crippen LogP contribution in [0, 0.1) is 0 Å². The molecule has 2 saturated heterocycles. The summed E-state index contributed by atoms with van der Waals surface area (Å²) in [5.41, 5.74) is 0.0315. The molecule has 186 valence electrons. The SMILES string of the molecule is COCCNc1noc(C2CC(c3ccc(C(F)(F)F)cc3)CN(C(=O)N3CCOCC3)C2)n1. The van der Waals surface area contributed by atoms with Gasteiger partial charge in [-0.1, -0.05) is 12.1 Å². The van der Waals surface area contributed by atoms with Crippen LogP contribution >= 0.6 is 0 Å². The molecule has 12 heteroatoms. The monoisotopic (exact) mass is 483 g/mol. The predicted octanol–water partition coefficient (Wildman–Crippen LogP) is 3.17. The van der Waals surface area contributed by atoms with Gasteiger partial charge in [-0.2, -0.15) is 18.2 Å². The van der Waals surface area contributed by atoms with Crippen molar-refractivity contribution in [3.63, 3.8) is 0 Å². The highest BCUT2D eigenvalue weighted by molar-refractivity contribution is 5.75. The first-order valence-corrected chi connectivity index (χ1v) is 11.2. The Morgan fingerprint density at radius 2 is 1.85 bits per heavy atom. The van der Waals surface area contributed by atoms with Crippen molar-refractivity contribution in [2.24, 2.45) is 0 Å². The predicted molar refractivity (Wildman–Crippen MR) is 116 cm³/mol. The molecule has 2 fully saturated rings. The number of rotatable bonds is 6. The number of methoxy groups -OCH3 is 1. The lowest BCUT2D eigenvalue weighted by atomic mass is 9.84. The summed E-state index contributed by atoms with van der Waals surface area (Å²) in [5, 5.41) is 6.95. The number of piperidine rings is 1. The van der Waals surface area contributed by atoms with Crippen LogP contribution in [0.4, 0.5) is 23.9 Å². The number of carbonyl (C=O) groups is 1. The number of likely N-dealkylation sites (tertiary alicyclic amines) is 1. The number of nitrogens with one attached hydrogen (secondary N) is 1. The van der Waals surface area contributed by atoms with Crippen LogP contribution in [0.2, 0.25) is 0 Å². The lowest BCUT2D eigenvalue weighted by Crippen LogP contribution is -2.52. The maximum atomic E-state index is 13.2. The molecule has 2 aromatic rings. The molecule has 2 aliphatic rings. The summed E-state index contributed by atoms with van der Waals surface area (Å²) < 4.78 is 54.9. The van der Waals surface area contributed by atoms with Crippen molar-refractivity contribution < 1.29 is 32.0 Å². The first-order chi connectivity index (χ1) is 16.3. The minimum atomic E-state index is -4.40. The van der Waals surface area contributed by atoms with Gasteiger partial charge < -0.3 is 29.1 Å². The average Bonchev–Trinajstić information content (AvgIpc) is 3.33. The number of urea groups is 1. The van der Waals surface area contributed by atoms with E-state index in [9.17, 15) is 18.0 Å². The number of hydrogen-bond acceptors (Lipinski definition) is 7. The maximum Gasteiger partial charge on any atom is 0.416 e. The van der Waals surface area contributed by atoms with Gasteiger partial charge in [-0.05, 0) is 29.3 Å². The molecule has 0 saturated carbocycles. The lowest BCUT2D eigenvalue weighted by Gasteiger charge is -2.40. The highest BCUT2D eigenvalue weighted by atomic mass is 19.4. The van der Waals surface area contributed by atoms with Gasteiger partial charge in [-0.3, -0.25) is 0 Å². The summed E-state index contributed by atoms with van der Waals surface area (Å²) in [6, 6.07) is 5.01. The first kappa shape index (κ1) is 24.3. The Hall–Kier alpha value is -2.86. The van der Waals surface area contributed by atoms with Crippen LogP contribution in [-0.2, 0) is 15.7 Å². The molecule has 0 radical (unpaired) electrons. The van der Waals surface area contributed by atoms with Crippen LogP contribution in [0.3, 0.4) is 0 Å². The topological polar surface area (TPSA) is 93.0 Å². The number of amides is 2. The molecular weight excluding hydrogens is 455 g/mol. The quantitative estimate of drug-likeness (QED) is 0.631. The van der Waals surface area contributed by atoms with Crippen molar-refractivity contribution in [2.75, 3.05) is 65.0 Å². The fraction of sp³-hybridized carbons (Fsp3) is 0.591. The Kier molecular flexibility index (Phi) is 7.57. The van der Waals surface area contributed by atoms with Gasteiger partial charge in [0.1, 0.15) is 0 Å². The van der Waals surface area contributed by atoms with Gasteiger partial charge in [0.2, 0.25) is 5.89 Å². The van der Waals surface area contributed by atoms with Crippen molar-refractivity contribution >= 4 is 12.0 Å². The van der Waals surface area contributed by atoms with E-state index in [1.54, 1.807) is 16.9 Å². The minimum absolute atomic E-state index is 0.122. The summed E-state index contributed by atoms with van der Waals surface area (Å²) in [4.78, 5) is 21.1. The molecule has 1 N–H and O–H groups in total. The second kappa shape index (κ2) is 10.6. The third kappa shape index (κ3) is 5.79. The Bertz CT molecular complexity index is 947. The van der Waals surface area contributed by atoms with Gasteiger partial charge in [-0.25, -0.2) is 4.79 Å². The number of morpholine rings is 1. The van der Waals surface area contributed by atoms with Crippen molar-refractivity contribution in [3.05, 3.63) is 41.3 Å². The number of halogens is 3. The number of ether oxygens (including phenoxy) is 2. The van der Waals surface area contributed by atoms with E-state index < -0.39 is 11.7 Å². The fourth-order valence-electron chi connectivity index (χ4n) is 4.31. The van der Waals surface area contributed by atoms with E-state index in [1.807, 2.05) is 0 Å². The highest BCUT2D eigenvalue weighted by Gasteiger charge is 2.37. The van der Waals surface area contributed by atoms with E-state index in [0.717, 1.165) is 17.7 Å². The van der Waals surface area contributed by atoms with Crippen molar-refractivity contribution in [2.45, 2.75) is 24.4 Å². The van der Waals surface area contributed by atoms with Crippen LogP contribution in [0.1, 0.15) is 35.3 Å². The van der Waals surface area contributed by atoms with E-state index in [4.69, 9.17) is 14.0 Å². The van der Waals surface area contributed by atoms with E-state index >= 15 is 0 Å². The summed E-state index contributed by atoms with van der Waals surface area (Å²) in [5.74, 6) is 0.283. The molecule has 0 aliphatic carbocycles. The van der Waals surface area contributed by atoms with Crippen LogP contribution in [-0.4, -0.2) is 85.6 Å². The normalized spacial score (nSPS) is 21.5. The molecule has 2 amide bonds. The van der Waals surface area contributed by atoms with E-state index in [2.05, 4.69) is 15.5 Å². The molecule has 1 aromatic heterocycles. The van der Waals surface area contributed by atoms with Gasteiger partial charge in [0.15, 0.2) is 0 Å². The molecule has 0 spiro atoms. The van der Waals surface area contributed by atoms with E-state index in [1.165, 1.54) is 12.1 Å². The zero-order valence-electron chi connectivity index (χ0n) is 18.9. The smallest absolute Gasteiger partial charge is 0.383 e. The van der Waals surface area contributed by atoms with Gasteiger partial charge >= 0.3 is 12.2 Å². The van der Waals surface area contributed by atoms with Gasteiger partial charge in [-0.15, -0.1) is 0 Å². The first-order valence-electron chi connectivity index (χ1n) is 11.2. The van der Waals surface area contributed by atoms with Gasteiger partial charge in [0.25, 0.3) is 5.95 Å². The van der Waals surface area contributed by atoms with Crippen LogP contribution in [0.5, 0.6) is 0 Å². The van der Waals surface area contributed by atoms with Crippen LogP contribution in [0.15, 0.2) is 28.8 Å². The van der Waals surface area contributed by atoms with Crippen molar-refractivity contribution in [3.8, 4) is 0 Å². The highest BCUT2D eigenvalue weighted by Crippen LogP contribution is 2.37. The Balaban J connectivity index is 1.54. The Labute approximate surface area is 195 Å². The van der Waals surface area contributed by atoms with Crippen LogP contribution < -0.4 is 5.32 Å². The second-order valence-electron chi connectivity index (χ2n) is 8.41.